The molecule has 2 fully saturated rings. The number of rotatable bonds is 12. The van der Waals surface area contributed by atoms with E-state index in [2.05, 4.69) is 17.3 Å². The van der Waals surface area contributed by atoms with Crippen LogP contribution >= 0.6 is 11.6 Å². The van der Waals surface area contributed by atoms with Gasteiger partial charge in [-0.15, -0.1) is 0 Å². The maximum absolute atomic E-state index is 14.5. The van der Waals surface area contributed by atoms with Crippen molar-refractivity contribution >= 4 is 23.2 Å². The van der Waals surface area contributed by atoms with Gasteiger partial charge in [-0.2, -0.15) is 0 Å². The highest BCUT2D eigenvalue weighted by atomic mass is 79.9. The van der Waals surface area contributed by atoms with Crippen molar-refractivity contribution < 1.29 is 35.4 Å². The first-order chi connectivity index (χ1) is 19.7. The third-order valence-electron chi connectivity index (χ3n) is 8.76. The molecule has 42 heavy (non-hydrogen) atoms. The van der Waals surface area contributed by atoms with E-state index in [0.717, 1.165) is 60.6 Å². The summed E-state index contributed by atoms with van der Waals surface area (Å²) in [4.78, 5) is 17.4. The SMILES string of the molecule is CCOc1cccc(F)c1CN1CCN(C(=O)[C@H](N)C2CC[N+](C)(CCc3cc(Cl)ccc3NCCN)CC2)CC1.[Br-]. The van der Waals surface area contributed by atoms with Crippen LogP contribution in [0.25, 0.3) is 0 Å². The fourth-order valence-corrected chi connectivity index (χ4v) is 6.27. The number of halogens is 3. The minimum absolute atomic E-state index is 0. The molecule has 4 rings (SSSR count). The fraction of sp³-hybridized carbons (Fsp3) is 0.581. The summed E-state index contributed by atoms with van der Waals surface area (Å²) in [6.45, 7) is 9.73. The second-order valence-corrected chi connectivity index (χ2v) is 12.1. The monoisotopic (exact) mass is 668 g/mol. The Kier molecular flexibility index (Phi) is 13.3. The summed E-state index contributed by atoms with van der Waals surface area (Å²) in [5.41, 5.74) is 15.1. The van der Waals surface area contributed by atoms with Gasteiger partial charge in [0, 0.05) is 81.3 Å². The molecule has 234 valence electrons. The topological polar surface area (TPSA) is 96.8 Å². The zero-order chi connectivity index (χ0) is 29.4. The molecule has 0 unspecified atom stereocenters. The zero-order valence-electron chi connectivity index (χ0n) is 25.0. The summed E-state index contributed by atoms with van der Waals surface area (Å²) in [5, 5.41) is 4.15. The van der Waals surface area contributed by atoms with E-state index in [9.17, 15) is 9.18 Å². The van der Waals surface area contributed by atoms with E-state index in [1.807, 2.05) is 36.1 Å². The van der Waals surface area contributed by atoms with Crippen molar-refractivity contribution in [3.63, 3.8) is 0 Å². The normalized spacial score (nSPS) is 21.9. The molecular weight excluding hydrogens is 623 g/mol. The molecule has 2 aromatic carbocycles. The van der Waals surface area contributed by atoms with Crippen molar-refractivity contribution in [3.8, 4) is 5.75 Å². The lowest BCUT2D eigenvalue weighted by Crippen LogP contribution is -3.00. The van der Waals surface area contributed by atoms with Crippen molar-refractivity contribution in [3.05, 3.63) is 58.4 Å². The number of anilines is 1. The van der Waals surface area contributed by atoms with Gasteiger partial charge in [-0.1, -0.05) is 17.7 Å². The Bertz CT molecular complexity index is 1160. The molecule has 5 N–H and O–H groups in total. The number of likely N-dealkylation sites (N-methyl/N-ethyl adjacent to an activating group) is 1. The number of likely N-dealkylation sites (tertiary alicyclic amines) is 1. The van der Waals surface area contributed by atoms with Gasteiger partial charge < -0.3 is 47.9 Å². The first-order valence-electron chi connectivity index (χ1n) is 15.0. The molecule has 2 aliphatic rings. The van der Waals surface area contributed by atoms with Gasteiger partial charge in [0.15, 0.2) is 0 Å². The van der Waals surface area contributed by atoms with Crippen molar-refractivity contribution in [1.29, 1.82) is 0 Å². The summed E-state index contributed by atoms with van der Waals surface area (Å²) >= 11 is 6.29. The van der Waals surface area contributed by atoms with E-state index in [4.69, 9.17) is 27.8 Å². The van der Waals surface area contributed by atoms with Crippen LogP contribution in [0.15, 0.2) is 36.4 Å². The third-order valence-corrected chi connectivity index (χ3v) is 9.00. The molecule has 2 aromatic rings. The number of nitrogens with one attached hydrogen (secondary N) is 1. The molecule has 2 heterocycles. The van der Waals surface area contributed by atoms with Gasteiger partial charge in [-0.05, 0) is 48.7 Å². The number of carbonyl (C=O) groups is 1. The van der Waals surface area contributed by atoms with Crippen LogP contribution in [-0.4, -0.2) is 98.8 Å². The lowest BCUT2D eigenvalue weighted by molar-refractivity contribution is -0.915. The lowest BCUT2D eigenvalue weighted by atomic mass is 9.87. The quantitative estimate of drug-likeness (QED) is 0.282. The molecule has 8 nitrogen and oxygen atoms in total. The Morgan fingerprint density at radius 3 is 2.57 bits per heavy atom. The second-order valence-electron chi connectivity index (χ2n) is 11.7. The van der Waals surface area contributed by atoms with Crippen LogP contribution in [0.5, 0.6) is 5.75 Å². The molecule has 11 heteroatoms. The van der Waals surface area contributed by atoms with Gasteiger partial charge in [0.05, 0.1) is 39.3 Å². The van der Waals surface area contributed by atoms with Gasteiger partial charge in [-0.25, -0.2) is 4.39 Å². The molecule has 0 radical (unpaired) electrons. The van der Waals surface area contributed by atoms with E-state index < -0.39 is 6.04 Å². The average Bonchev–Trinajstić information content (AvgIpc) is 2.97. The van der Waals surface area contributed by atoms with Crippen LogP contribution in [0.3, 0.4) is 0 Å². The second kappa shape index (κ2) is 16.2. The number of hydrogen-bond acceptors (Lipinski definition) is 6. The van der Waals surface area contributed by atoms with E-state index in [-0.39, 0.29) is 34.6 Å². The maximum Gasteiger partial charge on any atom is 0.239 e. The van der Waals surface area contributed by atoms with E-state index in [1.165, 1.54) is 11.6 Å². The number of quaternary nitrogens is 1. The first-order valence-corrected chi connectivity index (χ1v) is 15.3. The Morgan fingerprint density at radius 1 is 1.19 bits per heavy atom. The molecule has 0 aliphatic carbocycles. The highest BCUT2D eigenvalue weighted by molar-refractivity contribution is 6.30. The van der Waals surface area contributed by atoms with Gasteiger partial charge in [0.2, 0.25) is 5.91 Å². The molecular formula is C31H47BrClFN6O2. The minimum Gasteiger partial charge on any atom is -1.00 e. The van der Waals surface area contributed by atoms with Crippen LogP contribution in [-0.2, 0) is 17.8 Å². The summed E-state index contributed by atoms with van der Waals surface area (Å²) < 4.78 is 21.1. The number of amides is 1. The van der Waals surface area contributed by atoms with E-state index >= 15 is 0 Å². The Hall–Kier alpha value is -1.95. The van der Waals surface area contributed by atoms with E-state index in [0.29, 0.717) is 57.2 Å². The average molecular weight is 670 g/mol. The number of piperazine rings is 1. The van der Waals surface area contributed by atoms with Gasteiger partial charge in [-0.3, -0.25) is 9.69 Å². The number of nitrogens with two attached hydrogens (primary N) is 2. The molecule has 1 amide bonds. The highest BCUT2D eigenvalue weighted by Gasteiger charge is 2.37. The van der Waals surface area contributed by atoms with Crippen LogP contribution in [0, 0.1) is 11.7 Å². The zero-order valence-corrected chi connectivity index (χ0v) is 27.3. The highest BCUT2D eigenvalue weighted by Crippen LogP contribution is 2.28. The predicted octanol–water partition coefficient (Wildman–Crippen LogP) is 0.323. The molecule has 1 atom stereocenters. The number of hydrogen-bond donors (Lipinski definition) is 3. The van der Waals surface area contributed by atoms with Gasteiger partial charge in [0.25, 0.3) is 0 Å². The van der Waals surface area contributed by atoms with E-state index in [1.54, 1.807) is 6.07 Å². The molecule has 2 saturated heterocycles. The smallest absolute Gasteiger partial charge is 0.239 e. The molecule has 0 bridgehead atoms. The third kappa shape index (κ3) is 9.03. The number of benzene rings is 2. The summed E-state index contributed by atoms with van der Waals surface area (Å²) in [5.74, 6) is 0.565. The van der Waals surface area contributed by atoms with Crippen LogP contribution in [0.4, 0.5) is 10.1 Å². The largest absolute Gasteiger partial charge is 1.00 e. The maximum atomic E-state index is 14.5. The molecule has 0 aromatic heterocycles. The number of piperidine rings is 1. The summed E-state index contributed by atoms with van der Waals surface area (Å²) in [6, 6.07) is 10.5. The minimum atomic E-state index is -0.480. The Balaban J connectivity index is 0.00000484. The summed E-state index contributed by atoms with van der Waals surface area (Å²) in [6.07, 6.45) is 2.79. The fourth-order valence-electron chi connectivity index (χ4n) is 6.08. The van der Waals surface area contributed by atoms with Crippen molar-refractivity contribution in [2.75, 3.05) is 77.9 Å². The predicted molar refractivity (Wildman–Crippen MR) is 164 cm³/mol. The van der Waals surface area contributed by atoms with Gasteiger partial charge in [0.1, 0.15) is 11.6 Å². The lowest BCUT2D eigenvalue weighted by Gasteiger charge is -2.43. The van der Waals surface area contributed by atoms with Crippen molar-refractivity contribution in [2.24, 2.45) is 17.4 Å². The Morgan fingerprint density at radius 2 is 1.90 bits per heavy atom. The number of nitrogens with zero attached hydrogens (tertiary/aromatic N) is 3. The van der Waals surface area contributed by atoms with Crippen LogP contribution < -0.4 is 38.5 Å². The van der Waals surface area contributed by atoms with Crippen LogP contribution in [0.1, 0.15) is 30.9 Å². The Labute approximate surface area is 265 Å². The van der Waals surface area contributed by atoms with Crippen molar-refractivity contribution in [1.82, 2.24) is 9.80 Å². The first kappa shape index (κ1) is 34.5. The number of ether oxygens (including phenoxy) is 1. The summed E-state index contributed by atoms with van der Waals surface area (Å²) in [7, 11) is 2.30. The van der Waals surface area contributed by atoms with Crippen LogP contribution in [0.2, 0.25) is 5.02 Å². The standard InChI is InChI=1S/C31H47ClFN6O2.BrH/c1-3-41-29-6-4-5-27(33)26(29)22-37-14-16-38(17-15-37)31(40)30(35)23-9-18-39(2,19-10-23)20-11-24-21-25(32)7-8-28(24)36-13-12-34;/h4-8,21,23,30,36H,3,9-20,22,34-35H2,1-2H3;1H/q+1;/p-1/t23?,30-,39?;/m1./s1. The van der Waals surface area contributed by atoms with Crippen molar-refractivity contribution in [2.45, 2.75) is 38.8 Å². The number of carbonyl (C=O) groups excluding carboxylic acids is 1. The molecule has 0 spiro atoms. The molecule has 2 aliphatic heterocycles. The van der Waals surface area contributed by atoms with Gasteiger partial charge >= 0.3 is 0 Å². The molecule has 0 saturated carbocycles.